The predicted octanol–water partition coefficient (Wildman–Crippen LogP) is 1.24. The minimum Gasteiger partial charge on any atom is -0.345 e. The van der Waals surface area contributed by atoms with E-state index in [-0.39, 0.29) is 11.7 Å². The van der Waals surface area contributed by atoms with Crippen LogP contribution in [0.3, 0.4) is 0 Å². The van der Waals surface area contributed by atoms with Crippen LogP contribution in [0.2, 0.25) is 0 Å². The Morgan fingerprint density at radius 1 is 1.55 bits per heavy atom. The molecule has 1 aromatic heterocycles. The molecule has 2 amide bonds. The summed E-state index contributed by atoms with van der Waals surface area (Å²) in [6.45, 7) is 1.89. The Labute approximate surface area is 112 Å². The molecule has 1 saturated heterocycles. The molecule has 0 bridgehead atoms. The highest BCUT2D eigenvalue weighted by Gasteiger charge is 2.47. The fourth-order valence-corrected chi connectivity index (χ4v) is 2.02. The van der Waals surface area contributed by atoms with E-state index in [9.17, 15) is 22.8 Å². The van der Waals surface area contributed by atoms with Gasteiger partial charge >= 0.3 is 6.18 Å². The molecular weight excluding hydrogens is 277 g/mol. The molecule has 1 unspecified atom stereocenters. The monoisotopic (exact) mass is 290 g/mol. The van der Waals surface area contributed by atoms with Crippen LogP contribution in [-0.2, 0) is 15.8 Å². The Kier molecular flexibility index (Phi) is 3.23. The van der Waals surface area contributed by atoms with Gasteiger partial charge in [0.2, 0.25) is 11.8 Å². The van der Waals surface area contributed by atoms with Gasteiger partial charge in [0.1, 0.15) is 11.1 Å². The summed E-state index contributed by atoms with van der Waals surface area (Å²) < 4.78 is 37.2. The largest absolute Gasteiger partial charge is 0.432 e. The van der Waals surface area contributed by atoms with Crippen LogP contribution in [0.5, 0.6) is 0 Å². The number of nitrogens with zero attached hydrogens (tertiary/aromatic N) is 2. The summed E-state index contributed by atoms with van der Waals surface area (Å²) in [6.07, 6.45) is -4.26. The lowest BCUT2D eigenvalue weighted by Crippen LogP contribution is -2.40. The molecule has 0 aliphatic carbocycles. The summed E-state index contributed by atoms with van der Waals surface area (Å²) in [5, 5.41) is 7.40. The quantitative estimate of drug-likeness (QED) is 0.804. The summed E-state index contributed by atoms with van der Waals surface area (Å²) >= 11 is 0. The maximum absolute atomic E-state index is 12.4. The number of alkyl halides is 3. The third-order valence-corrected chi connectivity index (χ3v) is 3.39. The Hall–Kier alpha value is -2.06. The molecule has 1 aliphatic rings. The lowest BCUT2D eigenvalue weighted by molar-refractivity contribution is -0.142. The van der Waals surface area contributed by atoms with Crippen LogP contribution in [0, 0.1) is 5.41 Å². The van der Waals surface area contributed by atoms with Crippen molar-refractivity contribution in [1.82, 2.24) is 15.1 Å². The summed E-state index contributed by atoms with van der Waals surface area (Å²) in [5.74, 6) is -1.28. The number of aromatic nitrogens is 2. The minimum atomic E-state index is -4.57. The SMILES string of the molecule is CN1CCC(C)(C(=O)Nc2cc(C(F)(F)F)[nH]n2)C1=O. The molecule has 0 radical (unpaired) electrons. The molecule has 6 nitrogen and oxygen atoms in total. The first-order valence-corrected chi connectivity index (χ1v) is 5.84. The number of hydrogen-bond acceptors (Lipinski definition) is 3. The topological polar surface area (TPSA) is 78.1 Å². The van der Waals surface area contributed by atoms with Gasteiger partial charge in [-0.05, 0) is 13.3 Å². The summed E-state index contributed by atoms with van der Waals surface area (Å²) in [7, 11) is 1.57. The Morgan fingerprint density at radius 2 is 2.20 bits per heavy atom. The maximum Gasteiger partial charge on any atom is 0.432 e. The zero-order valence-electron chi connectivity index (χ0n) is 10.8. The van der Waals surface area contributed by atoms with E-state index < -0.39 is 23.2 Å². The van der Waals surface area contributed by atoms with Crippen LogP contribution < -0.4 is 5.32 Å². The number of halogens is 3. The number of carbonyl (C=O) groups is 2. The van der Waals surface area contributed by atoms with Gasteiger partial charge in [-0.2, -0.15) is 18.3 Å². The molecular formula is C11H13F3N4O2. The first kappa shape index (κ1) is 14.4. The van der Waals surface area contributed by atoms with Gasteiger partial charge in [-0.1, -0.05) is 0 Å². The van der Waals surface area contributed by atoms with Crippen LogP contribution in [-0.4, -0.2) is 40.5 Å². The van der Waals surface area contributed by atoms with Crippen molar-refractivity contribution < 1.29 is 22.8 Å². The summed E-state index contributed by atoms with van der Waals surface area (Å²) in [5.41, 5.74) is -2.33. The molecule has 1 fully saturated rings. The van der Waals surface area contributed by atoms with E-state index >= 15 is 0 Å². The number of carbonyl (C=O) groups excluding carboxylic acids is 2. The van der Waals surface area contributed by atoms with Gasteiger partial charge < -0.3 is 10.2 Å². The molecule has 0 saturated carbocycles. The number of likely N-dealkylation sites (tertiary alicyclic amines) is 1. The van der Waals surface area contributed by atoms with Gasteiger partial charge in [-0.15, -0.1) is 0 Å². The molecule has 1 atom stereocenters. The van der Waals surface area contributed by atoms with Crippen LogP contribution in [0.25, 0.3) is 0 Å². The average Bonchev–Trinajstić information content (AvgIpc) is 2.91. The number of H-pyrrole nitrogens is 1. The Balaban J connectivity index is 2.13. The van der Waals surface area contributed by atoms with E-state index in [0.717, 1.165) is 0 Å². The lowest BCUT2D eigenvalue weighted by atomic mass is 9.88. The standard InChI is InChI=1S/C11H13F3N4O2/c1-10(3-4-18(2)9(10)20)8(19)15-7-5-6(16-17-7)11(12,13)14/h5H,3-4H2,1-2H3,(H2,15,16,17,19). The molecule has 20 heavy (non-hydrogen) atoms. The first-order chi connectivity index (χ1) is 9.14. The number of hydrogen-bond donors (Lipinski definition) is 2. The zero-order chi connectivity index (χ0) is 15.1. The summed E-state index contributed by atoms with van der Waals surface area (Å²) in [4.78, 5) is 25.3. The van der Waals surface area contributed by atoms with E-state index in [2.05, 4.69) is 10.4 Å². The van der Waals surface area contributed by atoms with Crippen molar-refractivity contribution in [3.8, 4) is 0 Å². The molecule has 2 heterocycles. The number of aromatic amines is 1. The molecule has 9 heteroatoms. The van der Waals surface area contributed by atoms with Crippen molar-refractivity contribution in [2.45, 2.75) is 19.5 Å². The van der Waals surface area contributed by atoms with Gasteiger partial charge in [0.05, 0.1) is 0 Å². The third-order valence-electron chi connectivity index (χ3n) is 3.39. The summed E-state index contributed by atoms with van der Waals surface area (Å²) in [6, 6.07) is 0.685. The third kappa shape index (κ3) is 2.35. The molecule has 2 rings (SSSR count). The molecule has 110 valence electrons. The molecule has 0 spiro atoms. The van der Waals surface area contributed by atoms with E-state index in [4.69, 9.17) is 0 Å². The average molecular weight is 290 g/mol. The van der Waals surface area contributed by atoms with Gasteiger partial charge in [-0.25, -0.2) is 0 Å². The van der Waals surface area contributed by atoms with Crippen molar-refractivity contribution in [1.29, 1.82) is 0 Å². The van der Waals surface area contributed by atoms with Crippen LogP contribution in [0.15, 0.2) is 6.07 Å². The normalized spacial score (nSPS) is 23.2. The Bertz CT molecular complexity index is 554. The van der Waals surface area contributed by atoms with Crippen molar-refractivity contribution in [2.24, 2.45) is 5.41 Å². The van der Waals surface area contributed by atoms with Crippen molar-refractivity contribution in [3.63, 3.8) is 0 Å². The van der Waals surface area contributed by atoms with Gasteiger partial charge in [-0.3, -0.25) is 14.7 Å². The van der Waals surface area contributed by atoms with Crippen LogP contribution in [0.1, 0.15) is 19.0 Å². The van der Waals surface area contributed by atoms with E-state index in [0.29, 0.717) is 19.0 Å². The van der Waals surface area contributed by atoms with Crippen molar-refractivity contribution in [2.75, 3.05) is 18.9 Å². The fourth-order valence-electron chi connectivity index (χ4n) is 2.02. The first-order valence-electron chi connectivity index (χ1n) is 5.84. The lowest BCUT2D eigenvalue weighted by Gasteiger charge is -2.20. The van der Waals surface area contributed by atoms with Gasteiger partial charge in [0.15, 0.2) is 5.82 Å². The second kappa shape index (κ2) is 4.50. The zero-order valence-corrected chi connectivity index (χ0v) is 10.8. The Morgan fingerprint density at radius 3 is 2.65 bits per heavy atom. The molecule has 1 aliphatic heterocycles. The van der Waals surface area contributed by atoms with Crippen molar-refractivity contribution >= 4 is 17.6 Å². The van der Waals surface area contributed by atoms with Gasteiger partial charge in [0, 0.05) is 19.7 Å². The number of rotatable bonds is 2. The van der Waals surface area contributed by atoms with E-state index in [1.165, 1.54) is 11.8 Å². The second-order valence-corrected chi connectivity index (χ2v) is 4.93. The minimum absolute atomic E-state index is 0.258. The number of anilines is 1. The highest BCUT2D eigenvalue weighted by molar-refractivity contribution is 6.10. The van der Waals surface area contributed by atoms with Crippen molar-refractivity contribution in [3.05, 3.63) is 11.8 Å². The number of amides is 2. The highest BCUT2D eigenvalue weighted by Crippen LogP contribution is 2.33. The van der Waals surface area contributed by atoms with E-state index in [1.54, 1.807) is 12.1 Å². The molecule has 2 N–H and O–H groups in total. The van der Waals surface area contributed by atoms with E-state index in [1.807, 2.05) is 0 Å². The van der Waals surface area contributed by atoms with Gasteiger partial charge in [0.25, 0.3) is 0 Å². The smallest absolute Gasteiger partial charge is 0.345 e. The van der Waals surface area contributed by atoms with Crippen LogP contribution >= 0.6 is 0 Å². The molecule has 0 aromatic carbocycles. The second-order valence-electron chi connectivity index (χ2n) is 4.93. The molecule has 1 aromatic rings. The fraction of sp³-hybridized carbons (Fsp3) is 0.545. The highest BCUT2D eigenvalue weighted by atomic mass is 19.4. The number of nitrogens with one attached hydrogen (secondary N) is 2. The maximum atomic E-state index is 12.4. The predicted molar refractivity (Wildman–Crippen MR) is 62.6 cm³/mol. The van der Waals surface area contributed by atoms with Crippen LogP contribution in [0.4, 0.5) is 19.0 Å².